The maximum absolute atomic E-state index is 9.33. The first-order valence-electron chi connectivity index (χ1n) is 6.04. The zero-order chi connectivity index (χ0) is 13.4. The van der Waals surface area contributed by atoms with E-state index in [2.05, 4.69) is 11.1 Å². The second-order valence-corrected chi connectivity index (χ2v) is 7.25. The zero-order valence-electron chi connectivity index (χ0n) is 10.4. The summed E-state index contributed by atoms with van der Waals surface area (Å²) in [5.41, 5.74) is 2.93. The minimum Gasteiger partial charge on any atom is -0.240 e. The predicted molar refractivity (Wildman–Crippen MR) is 82.3 cm³/mol. The number of hydrogen-bond acceptors (Lipinski definition) is 4. The molecule has 96 valence electrons. The Bertz CT molecular complexity index is 704. The van der Waals surface area contributed by atoms with Crippen molar-refractivity contribution in [1.82, 2.24) is 0 Å². The van der Waals surface area contributed by atoms with E-state index in [1.54, 1.807) is 11.3 Å². The van der Waals surface area contributed by atoms with Crippen molar-refractivity contribution in [3.8, 4) is 6.07 Å². The van der Waals surface area contributed by atoms with Gasteiger partial charge in [-0.1, -0.05) is 11.6 Å². The van der Waals surface area contributed by atoms with Crippen LogP contribution in [0.4, 0.5) is 5.00 Å². The maximum atomic E-state index is 9.33. The topological polar surface area (TPSA) is 36.1 Å². The van der Waals surface area contributed by atoms with Gasteiger partial charge in [0, 0.05) is 9.75 Å². The molecule has 5 heteroatoms. The molecule has 0 N–H and O–H groups in total. The van der Waals surface area contributed by atoms with Gasteiger partial charge in [0.05, 0.1) is 15.6 Å². The number of rotatable bonds is 2. The molecule has 0 saturated heterocycles. The average Bonchev–Trinajstić information content (AvgIpc) is 3.04. The molecule has 0 aliphatic heterocycles. The van der Waals surface area contributed by atoms with Gasteiger partial charge >= 0.3 is 0 Å². The van der Waals surface area contributed by atoms with E-state index in [-0.39, 0.29) is 0 Å². The molecule has 0 aromatic carbocycles. The van der Waals surface area contributed by atoms with Gasteiger partial charge in [-0.05, 0) is 43.9 Å². The summed E-state index contributed by atoms with van der Waals surface area (Å²) in [7, 11) is 0. The van der Waals surface area contributed by atoms with Gasteiger partial charge in [-0.3, -0.25) is 0 Å². The third-order valence-electron chi connectivity index (χ3n) is 3.21. The summed E-state index contributed by atoms with van der Waals surface area (Å²) in [4.78, 5) is 7.04. The molecule has 0 saturated carbocycles. The highest BCUT2D eigenvalue weighted by atomic mass is 35.5. The van der Waals surface area contributed by atoms with E-state index < -0.39 is 0 Å². The lowest BCUT2D eigenvalue weighted by molar-refractivity contribution is 0.913. The van der Waals surface area contributed by atoms with Crippen molar-refractivity contribution in [2.45, 2.75) is 26.2 Å². The molecule has 19 heavy (non-hydrogen) atoms. The Morgan fingerprint density at radius 2 is 2.21 bits per heavy atom. The Kier molecular flexibility index (Phi) is 3.44. The Balaban J connectivity index is 2.02. The van der Waals surface area contributed by atoms with Crippen molar-refractivity contribution >= 4 is 45.0 Å². The molecule has 0 spiro atoms. The average molecular weight is 307 g/mol. The van der Waals surface area contributed by atoms with Crippen molar-refractivity contribution in [3.05, 3.63) is 37.4 Å². The van der Waals surface area contributed by atoms with Crippen LogP contribution in [0.2, 0.25) is 4.34 Å². The molecule has 2 aromatic heterocycles. The third kappa shape index (κ3) is 2.34. The summed E-state index contributed by atoms with van der Waals surface area (Å²) >= 11 is 9.12. The van der Waals surface area contributed by atoms with Crippen LogP contribution in [0.3, 0.4) is 0 Å². The van der Waals surface area contributed by atoms with Crippen LogP contribution in [0.25, 0.3) is 0 Å². The Morgan fingerprint density at radius 1 is 1.37 bits per heavy atom. The van der Waals surface area contributed by atoms with Gasteiger partial charge in [-0.25, -0.2) is 4.99 Å². The zero-order valence-corrected chi connectivity index (χ0v) is 12.8. The van der Waals surface area contributed by atoms with Crippen LogP contribution in [0.1, 0.15) is 34.2 Å². The molecule has 2 heterocycles. The fourth-order valence-corrected chi connectivity index (χ4v) is 4.55. The summed E-state index contributed by atoms with van der Waals surface area (Å²) in [6.45, 7) is 1.97. The van der Waals surface area contributed by atoms with Crippen molar-refractivity contribution in [2.24, 2.45) is 4.99 Å². The summed E-state index contributed by atoms with van der Waals surface area (Å²) in [5.74, 6) is 0. The van der Waals surface area contributed by atoms with Gasteiger partial charge in [-0.2, -0.15) is 5.26 Å². The highest BCUT2D eigenvalue weighted by Gasteiger charge is 2.22. The van der Waals surface area contributed by atoms with Gasteiger partial charge in [0.1, 0.15) is 11.1 Å². The predicted octanol–water partition coefficient (Wildman–Crippen LogP) is 4.96. The van der Waals surface area contributed by atoms with Gasteiger partial charge < -0.3 is 0 Å². The number of fused-ring (bicyclic) bond motifs is 1. The van der Waals surface area contributed by atoms with Gasteiger partial charge in [0.25, 0.3) is 0 Å². The quantitative estimate of drug-likeness (QED) is 0.722. The van der Waals surface area contributed by atoms with Crippen molar-refractivity contribution < 1.29 is 0 Å². The molecular weight excluding hydrogens is 296 g/mol. The van der Waals surface area contributed by atoms with Gasteiger partial charge in [0.15, 0.2) is 0 Å². The number of hydrogen-bond donors (Lipinski definition) is 0. The number of halogens is 1. The lowest BCUT2D eigenvalue weighted by atomic mass is 10.1. The van der Waals surface area contributed by atoms with Crippen LogP contribution >= 0.6 is 34.3 Å². The van der Waals surface area contributed by atoms with Crippen LogP contribution < -0.4 is 0 Å². The molecule has 0 radical (unpaired) electrons. The first-order valence-corrected chi connectivity index (χ1v) is 8.06. The number of nitrogens with zero attached hydrogens (tertiary/aromatic N) is 2. The molecule has 0 atom stereocenters. The normalized spacial score (nSPS) is 14.5. The maximum Gasteiger partial charge on any atom is 0.134 e. The largest absolute Gasteiger partial charge is 0.240 e. The van der Waals surface area contributed by atoms with Crippen molar-refractivity contribution in [1.29, 1.82) is 5.26 Å². The molecule has 1 aliphatic rings. The van der Waals surface area contributed by atoms with Crippen LogP contribution in [0.15, 0.2) is 17.1 Å². The molecule has 1 aliphatic carbocycles. The van der Waals surface area contributed by atoms with Crippen molar-refractivity contribution in [2.75, 3.05) is 0 Å². The lowest BCUT2D eigenvalue weighted by Gasteiger charge is -1.96. The highest BCUT2D eigenvalue weighted by Crippen LogP contribution is 2.40. The number of thiophene rings is 2. The molecule has 2 aromatic rings. The standard InChI is InChI=1S/C14H11ClN2S2/c1-8(11-5-6-13(15)18-11)17-14-10(7-16)9-3-2-4-12(9)19-14/h5-6H,2-4H2,1H3/b17-8+. The summed E-state index contributed by atoms with van der Waals surface area (Å²) in [5, 5.41) is 10.2. The van der Waals surface area contributed by atoms with E-state index in [0.29, 0.717) is 0 Å². The Morgan fingerprint density at radius 3 is 2.89 bits per heavy atom. The molecule has 0 bridgehead atoms. The van der Waals surface area contributed by atoms with Crippen molar-refractivity contribution in [3.63, 3.8) is 0 Å². The first-order chi connectivity index (χ1) is 9.19. The summed E-state index contributed by atoms with van der Waals surface area (Å²) in [6, 6.07) is 6.17. The summed E-state index contributed by atoms with van der Waals surface area (Å²) < 4.78 is 0.763. The number of nitriles is 1. The monoisotopic (exact) mass is 306 g/mol. The fraction of sp³-hybridized carbons (Fsp3) is 0.286. The van der Waals surface area contributed by atoms with Crippen LogP contribution in [-0.2, 0) is 12.8 Å². The van der Waals surface area contributed by atoms with E-state index >= 15 is 0 Å². The minimum absolute atomic E-state index is 0.763. The minimum atomic E-state index is 0.763. The molecule has 0 fully saturated rings. The second-order valence-electron chi connectivity index (χ2n) is 4.45. The van der Waals surface area contributed by atoms with Crippen LogP contribution in [0.5, 0.6) is 0 Å². The lowest BCUT2D eigenvalue weighted by Crippen LogP contribution is -1.89. The number of aliphatic imine (C=N–C) groups is 1. The SMILES string of the molecule is C/C(=N\c1sc2c(c1C#N)CCC2)c1ccc(Cl)s1. The summed E-state index contributed by atoms with van der Waals surface area (Å²) in [6.07, 6.45) is 3.28. The molecule has 2 nitrogen and oxygen atoms in total. The van der Waals surface area contributed by atoms with Crippen LogP contribution in [-0.4, -0.2) is 5.71 Å². The first kappa shape index (κ1) is 12.9. The fourth-order valence-electron chi connectivity index (χ4n) is 2.30. The third-order valence-corrected chi connectivity index (χ3v) is 5.74. The van der Waals surface area contributed by atoms with Gasteiger partial charge in [0.2, 0.25) is 0 Å². The highest BCUT2D eigenvalue weighted by molar-refractivity contribution is 7.18. The molecule has 0 unspecified atom stereocenters. The van der Waals surface area contributed by atoms with E-state index in [1.807, 2.05) is 19.1 Å². The van der Waals surface area contributed by atoms with E-state index in [0.717, 1.165) is 38.3 Å². The Hall–Kier alpha value is -1.15. The van der Waals surface area contributed by atoms with E-state index in [4.69, 9.17) is 11.6 Å². The molecule has 3 rings (SSSR count). The van der Waals surface area contributed by atoms with E-state index in [9.17, 15) is 5.26 Å². The van der Waals surface area contributed by atoms with Crippen LogP contribution in [0, 0.1) is 11.3 Å². The van der Waals surface area contributed by atoms with Gasteiger partial charge in [-0.15, -0.1) is 22.7 Å². The molecule has 0 amide bonds. The number of aryl methyl sites for hydroxylation is 1. The van der Waals surface area contributed by atoms with E-state index in [1.165, 1.54) is 28.2 Å². The smallest absolute Gasteiger partial charge is 0.134 e. The second kappa shape index (κ2) is 5.09. The molecular formula is C14H11ClN2S2. The Labute approximate surface area is 125 Å².